The first kappa shape index (κ1) is 21.0. The Labute approximate surface area is 166 Å². The minimum absolute atomic E-state index is 0.0916. The van der Waals surface area contributed by atoms with Crippen molar-refractivity contribution in [3.05, 3.63) is 71.3 Å². The zero-order valence-corrected chi connectivity index (χ0v) is 16.3. The summed E-state index contributed by atoms with van der Waals surface area (Å²) < 4.78 is 5.13. The van der Waals surface area contributed by atoms with E-state index < -0.39 is 6.09 Å². The van der Waals surface area contributed by atoms with Crippen LogP contribution < -0.4 is 10.6 Å². The summed E-state index contributed by atoms with van der Waals surface area (Å²) in [4.78, 5) is 23.7. The molecule has 0 fully saturated rings. The number of carbonyl (C=O) groups is 2. The van der Waals surface area contributed by atoms with Crippen LogP contribution in [-0.4, -0.2) is 24.6 Å². The van der Waals surface area contributed by atoms with Crippen molar-refractivity contribution in [2.45, 2.75) is 39.3 Å². The molecule has 2 amide bonds. The van der Waals surface area contributed by atoms with Crippen molar-refractivity contribution < 1.29 is 14.3 Å². The van der Waals surface area contributed by atoms with E-state index in [1.54, 1.807) is 0 Å². The van der Waals surface area contributed by atoms with Gasteiger partial charge in [0.25, 0.3) is 0 Å². The topological polar surface area (TPSA) is 67.4 Å². The van der Waals surface area contributed by atoms with Crippen LogP contribution in [0.1, 0.15) is 36.5 Å². The first-order valence-corrected chi connectivity index (χ1v) is 9.33. The van der Waals surface area contributed by atoms with Crippen molar-refractivity contribution in [3.8, 4) is 11.8 Å². The number of hydrogen-bond donors (Lipinski definition) is 2. The molecule has 2 rings (SSSR count). The molecule has 2 N–H and O–H groups in total. The summed E-state index contributed by atoms with van der Waals surface area (Å²) in [7, 11) is 0. The normalized spacial score (nSPS) is 10.9. The average molecular weight is 378 g/mol. The molecule has 146 valence electrons. The molecule has 28 heavy (non-hydrogen) atoms. The van der Waals surface area contributed by atoms with Crippen LogP contribution in [0.2, 0.25) is 0 Å². The molecule has 2 aromatic carbocycles. The second kappa shape index (κ2) is 11.5. The standard InChI is InChI=1S/C23H26N2O3/c1-18-10-6-7-13-21(18)14-8-9-15-22(26)25-19(2)16-24-23(27)28-17-20-11-4-3-5-12-20/h3-7,10-13,19H,9,15-17H2,1-2H3,(H,24,27)(H,25,26). The maximum atomic E-state index is 12.0. The van der Waals surface area contributed by atoms with Gasteiger partial charge in [0.2, 0.25) is 5.91 Å². The molecule has 0 spiro atoms. The van der Waals surface area contributed by atoms with Gasteiger partial charge in [-0.3, -0.25) is 4.79 Å². The fourth-order valence-corrected chi connectivity index (χ4v) is 2.46. The van der Waals surface area contributed by atoms with Gasteiger partial charge >= 0.3 is 6.09 Å². The molecule has 0 saturated carbocycles. The van der Waals surface area contributed by atoms with Gasteiger partial charge in [-0.05, 0) is 31.0 Å². The summed E-state index contributed by atoms with van der Waals surface area (Å²) in [5.74, 6) is 6.02. The van der Waals surface area contributed by atoms with E-state index in [-0.39, 0.29) is 18.6 Å². The lowest BCUT2D eigenvalue weighted by Crippen LogP contribution is -2.41. The van der Waals surface area contributed by atoms with Gasteiger partial charge in [0.1, 0.15) is 6.61 Å². The Kier molecular flexibility index (Phi) is 8.61. The summed E-state index contributed by atoms with van der Waals surface area (Å²) in [6.45, 7) is 4.35. The van der Waals surface area contributed by atoms with Crippen LogP contribution in [0.5, 0.6) is 0 Å². The maximum absolute atomic E-state index is 12.0. The summed E-state index contributed by atoms with van der Waals surface area (Å²) in [6, 6.07) is 17.2. The Morgan fingerprint density at radius 2 is 1.79 bits per heavy atom. The highest BCUT2D eigenvalue weighted by Crippen LogP contribution is 2.04. The highest BCUT2D eigenvalue weighted by Gasteiger charge is 2.09. The molecule has 0 aromatic heterocycles. The number of ether oxygens (including phenoxy) is 1. The van der Waals surface area contributed by atoms with Gasteiger partial charge in [-0.25, -0.2) is 4.79 Å². The van der Waals surface area contributed by atoms with Gasteiger partial charge in [0, 0.05) is 31.0 Å². The quantitative estimate of drug-likeness (QED) is 0.724. The molecular formula is C23H26N2O3. The Morgan fingerprint density at radius 3 is 2.54 bits per heavy atom. The van der Waals surface area contributed by atoms with Crippen LogP contribution >= 0.6 is 0 Å². The van der Waals surface area contributed by atoms with E-state index in [1.165, 1.54) is 0 Å². The maximum Gasteiger partial charge on any atom is 0.407 e. The molecule has 1 atom stereocenters. The molecule has 0 aliphatic heterocycles. The SMILES string of the molecule is Cc1ccccc1C#CCCC(=O)NC(C)CNC(=O)OCc1ccccc1. The number of hydrogen-bond acceptors (Lipinski definition) is 3. The molecule has 0 radical (unpaired) electrons. The number of rotatable bonds is 7. The largest absolute Gasteiger partial charge is 0.445 e. The summed E-state index contributed by atoms with van der Waals surface area (Å²) in [5, 5.41) is 5.49. The molecule has 0 bridgehead atoms. The molecule has 1 unspecified atom stereocenters. The van der Waals surface area contributed by atoms with Crippen LogP contribution in [-0.2, 0) is 16.1 Å². The minimum atomic E-state index is -0.506. The Bertz CT molecular complexity index is 838. The molecule has 2 aromatic rings. The predicted molar refractivity (Wildman–Crippen MR) is 110 cm³/mol. The predicted octanol–water partition coefficient (Wildman–Crippen LogP) is 3.56. The first-order valence-electron chi connectivity index (χ1n) is 9.33. The van der Waals surface area contributed by atoms with Crippen LogP contribution in [0.3, 0.4) is 0 Å². The highest BCUT2D eigenvalue weighted by molar-refractivity contribution is 5.76. The van der Waals surface area contributed by atoms with Crippen LogP contribution in [0.15, 0.2) is 54.6 Å². The molecule has 5 heteroatoms. The molecule has 0 heterocycles. The lowest BCUT2D eigenvalue weighted by molar-refractivity contribution is -0.121. The van der Waals surface area contributed by atoms with Gasteiger partial charge in [0.05, 0.1) is 0 Å². The first-order chi connectivity index (χ1) is 13.5. The van der Waals surface area contributed by atoms with Crippen molar-refractivity contribution in [1.29, 1.82) is 0 Å². The monoisotopic (exact) mass is 378 g/mol. The van der Waals surface area contributed by atoms with E-state index in [0.29, 0.717) is 19.4 Å². The number of nitrogens with one attached hydrogen (secondary N) is 2. The highest BCUT2D eigenvalue weighted by atomic mass is 16.5. The third-order valence-corrected chi connectivity index (χ3v) is 4.02. The summed E-state index contributed by atoms with van der Waals surface area (Å²) >= 11 is 0. The Hall–Kier alpha value is -3.26. The Morgan fingerprint density at radius 1 is 1.07 bits per heavy atom. The number of aryl methyl sites for hydroxylation is 1. The van der Waals surface area contributed by atoms with Gasteiger partial charge in [0.15, 0.2) is 0 Å². The van der Waals surface area contributed by atoms with Gasteiger partial charge in [-0.2, -0.15) is 0 Å². The zero-order valence-electron chi connectivity index (χ0n) is 16.3. The van der Waals surface area contributed by atoms with Crippen molar-refractivity contribution >= 4 is 12.0 Å². The molecule has 0 saturated heterocycles. The van der Waals surface area contributed by atoms with E-state index in [0.717, 1.165) is 16.7 Å². The number of benzene rings is 2. The van der Waals surface area contributed by atoms with Crippen LogP contribution in [0.4, 0.5) is 4.79 Å². The number of amides is 2. The molecular weight excluding hydrogens is 352 g/mol. The number of carbonyl (C=O) groups excluding carboxylic acids is 2. The van der Waals surface area contributed by atoms with E-state index in [2.05, 4.69) is 22.5 Å². The summed E-state index contributed by atoms with van der Waals surface area (Å²) in [5.41, 5.74) is 3.03. The second-order valence-corrected chi connectivity index (χ2v) is 6.53. The summed E-state index contributed by atoms with van der Waals surface area (Å²) in [6.07, 6.45) is 0.301. The average Bonchev–Trinajstić information content (AvgIpc) is 2.70. The van der Waals surface area contributed by atoms with Gasteiger partial charge in [-0.15, -0.1) is 0 Å². The molecule has 0 aliphatic rings. The van der Waals surface area contributed by atoms with Crippen molar-refractivity contribution in [2.75, 3.05) is 6.54 Å². The van der Waals surface area contributed by atoms with Gasteiger partial charge < -0.3 is 15.4 Å². The molecule has 0 aliphatic carbocycles. The van der Waals surface area contributed by atoms with E-state index >= 15 is 0 Å². The zero-order chi connectivity index (χ0) is 20.2. The van der Waals surface area contributed by atoms with Crippen molar-refractivity contribution in [2.24, 2.45) is 0 Å². The van der Waals surface area contributed by atoms with Gasteiger partial charge in [-0.1, -0.05) is 60.4 Å². The molecule has 5 nitrogen and oxygen atoms in total. The van der Waals surface area contributed by atoms with Crippen molar-refractivity contribution in [1.82, 2.24) is 10.6 Å². The lowest BCUT2D eigenvalue weighted by Gasteiger charge is -2.14. The van der Waals surface area contributed by atoms with E-state index in [9.17, 15) is 9.59 Å². The second-order valence-electron chi connectivity index (χ2n) is 6.53. The third-order valence-electron chi connectivity index (χ3n) is 4.02. The minimum Gasteiger partial charge on any atom is -0.445 e. The van der Waals surface area contributed by atoms with E-state index in [1.807, 2.05) is 68.4 Å². The number of alkyl carbamates (subject to hydrolysis) is 1. The van der Waals surface area contributed by atoms with Crippen LogP contribution in [0, 0.1) is 18.8 Å². The third kappa shape index (κ3) is 7.96. The lowest BCUT2D eigenvalue weighted by atomic mass is 10.1. The Balaban J connectivity index is 1.61. The van der Waals surface area contributed by atoms with E-state index in [4.69, 9.17) is 4.74 Å². The smallest absolute Gasteiger partial charge is 0.407 e. The fourth-order valence-electron chi connectivity index (χ4n) is 2.46. The fraction of sp³-hybridized carbons (Fsp3) is 0.304. The van der Waals surface area contributed by atoms with Crippen molar-refractivity contribution in [3.63, 3.8) is 0 Å². The van der Waals surface area contributed by atoms with Crippen LogP contribution in [0.25, 0.3) is 0 Å².